The molecule has 0 spiro atoms. The fourth-order valence-electron chi connectivity index (χ4n) is 4.77. The molecule has 1 fully saturated rings. The van der Waals surface area contributed by atoms with Gasteiger partial charge in [-0.1, -0.05) is 0 Å². The van der Waals surface area contributed by atoms with Crippen LogP contribution in [0, 0.1) is 5.82 Å². The van der Waals surface area contributed by atoms with E-state index in [1.54, 1.807) is 37.5 Å². The highest BCUT2D eigenvalue weighted by Gasteiger charge is 2.56. The van der Waals surface area contributed by atoms with Crippen molar-refractivity contribution in [1.29, 1.82) is 0 Å². The van der Waals surface area contributed by atoms with Gasteiger partial charge < -0.3 is 25.6 Å². The van der Waals surface area contributed by atoms with E-state index in [-0.39, 0.29) is 40.8 Å². The fourth-order valence-corrected chi connectivity index (χ4v) is 4.77. The molecule has 0 radical (unpaired) electrons. The molecule has 5 rings (SSSR count). The van der Waals surface area contributed by atoms with Crippen LogP contribution in [0.1, 0.15) is 41.4 Å². The number of primary amides is 1. The number of hydrogen-bond acceptors (Lipinski definition) is 7. The summed E-state index contributed by atoms with van der Waals surface area (Å²) < 4.78 is 69.4. The lowest BCUT2D eigenvalue weighted by Gasteiger charge is -2.31. The minimum atomic E-state index is -5.35. The van der Waals surface area contributed by atoms with Crippen molar-refractivity contribution in [2.75, 3.05) is 13.2 Å². The smallest absolute Gasteiger partial charge is 0.424 e. The summed E-state index contributed by atoms with van der Waals surface area (Å²) in [6, 6.07) is 13.4. The molecular weight excluding hydrogens is 608 g/mol. The van der Waals surface area contributed by atoms with E-state index in [0.717, 1.165) is 31.0 Å². The van der Waals surface area contributed by atoms with Crippen molar-refractivity contribution in [3.63, 3.8) is 0 Å². The maximum absolute atomic E-state index is 14.7. The van der Waals surface area contributed by atoms with E-state index in [1.165, 1.54) is 24.3 Å². The van der Waals surface area contributed by atoms with Gasteiger partial charge in [0.05, 0.1) is 31.4 Å². The molecule has 1 aliphatic rings. The first kappa shape index (κ1) is 32.4. The number of nitrogens with one attached hydrogen (secondary N) is 1. The van der Waals surface area contributed by atoms with E-state index in [9.17, 15) is 32.3 Å². The van der Waals surface area contributed by atoms with E-state index in [1.807, 2.05) is 0 Å². The number of aromatic nitrogens is 2. The van der Waals surface area contributed by atoms with Crippen molar-refractivity contribution in [1.82, 2.24) is 15.3 Å². The van der Waals surface area contributed by atoms with Gasteiger partial charge >= 0.3 is 6.18 Å². The van der Waals surface area contributed by atoms with Crippen molar-refractivity contribution >= 4 is 11.8 Å². The number of aliphatic hydroxyl groups is 1. The van der Waals surface area contributed by atoms with Gasteiger partial charge in [0, 0.05) is 34.6 Å². The SMILES string of the molecule is CCOc1c(CC(N)=O)cc([C@@](O)(CNC(=O)c2ccc(OC3CC3)c(-c3ccncc3)c2)C(F)(F)F)nc1-c1ccc(F)cc1. The van der Waals surface area contributed by atoms with Gasteiger partial charge in [0.1, 0.15) is 23.0 Å². The number of rotatable bonds is 12. The van der Waals surface area contributed by atoms with E-state index in [2.05, 4.69) is 15.3 Å². The molecule has 1 saturated carbocycles. The molecule has 2 aromatic carbocycles. The largest absolute Gasteiger partial charge is 0.491 e. The molecule has 240 valence electrons. The molecular formula is C33H30F4N4O5. The van der Waals surface area contributed by atoms with Crippen molar-refractivity contribution in [3.8, 4) is 33.9 Å². The molecule has 2 heterocycles. The zero-order valence-corrected chi connectivity index (χ0v) is 24.6. The summed E-state index contributed by atoms with van der Waals surface area (Å²) in [6.07, 6.45) is -0.967. The third-order valence-electron chi connectivity index (χ3n) is 7.27. The van der Waals surface area contributed by atoms with Crippen LogP contribution in [0.5, 0.6) is 11.5 Å². The van der Waals surface area contributed by atoms with Crippen molar-refractivity contribution in [3.05, 3.63) is 95.7 Å². The van der Waals surface area contributed by atoms with Crippen molar-refractivity contribution < 1.29 is 41.7 Å². The predicted octanol–water partition coefficient (Wildman–Crippen LogP) is 5.10. The molecule has 0 aliphatic heterocycles. The second-order valence-electron chi connectivity index (χ2n) is 10.7. The molecule has 2 aromatic heterocycles. The van der Waals surface area contributed by atoms with Crippen LogP contribution in [0.15, 0.2) is 73.1 Å². The maximum Gasteiger partial charge on any atom is 0.424 e. The number of pyridine rings is 2. The summed E-state index contributed by atoms with van der Waals surface area (Å²) in [5.74, 6) is -1.94. The Morgan fingerprint density at radius 1 is 1.02 bits per heavy atom. The Bertz CT molecular complexity index is 1730. The minimum Gasteiger partial charge on any atom is -0.491 e. The normalized spacial score (nSPS) is 14.3. The highest BCUT2D eigenvalue weighted by atomic mass is 19.4. The van der Waals surface area contributed by atoms with Crippen molar-refractivity contribution in [2.24, 2.45) is 5.73 Å². The first-order valence-corrected chi connectivity index (χ1v) is 14.4. The molecule has 0 bridgehead atoms. The van der Waals surface area contributed by atoms with Crippen LogP contribution in [0.4, 0.5) is 17.6 Å². The fraction of sp³-hybridized carbons (Fsp3) is 0.273. The Labute approximate surface area is 261 Å². The quantitative estimate of drug-likeness (QED) is 0.184. The highest BCUT2D eigenvalue weighted by Crippen LogP contribution is 2.42. The molecule has 4 aromatic rings. The average molecular weight is 639 g/mol. The number of nitrogens with two attached hydrogens (primary N) is 1. The number of halogens is 4. The van der Waals surface area contributed by atoms with Gasteiger partial charge in [-0.25, -0.2) is 9.37 Å². The number of alkyl halides is 3. The van der Waals surface area contributed by atoms with Gasteiger partial charge in [-0.3, -0.25) is 14.6 Å². The Morgan fingerprint density at radius 2 is 1.72 bits per heavy atom. The highest BCUT2D eigenvalue weighted by molar-refractivity contribution is 5.96. The number of amides is 2. The van der Waals surface area contributed by atoms with Gasteiger partial charge in [-0.15, -0.1) is 0 Å². The lowest BCUT2D eigenvalue weighted by molar-refractivity contribution is -0.265. The summed E-state index contributed by atoms with van der Waals surface area (Å²) in [7, 11) is 0. The van der Waals surface area contributed by atoms with Gasteiger partial charge in [0.25, 0.3) is 5.91 Å². The number of ether oxygens (including phenoxy) is 2. The summed E-state index contributed by atoms with van der Waals surface area (Å²) in [5, 5.41) is 13.4. The first-order chi connectivity index (χ1) is 21.9. The number of carbonyl (C=O) groups excluding carboxylic acids is 2. The van der Waals surface area contributed by atoms with Gasteiger partial charge in [-0.2, -0.15) is 13.2 Å². The summed E-state index contributed by atoms with van der Waals surface area (Å²) in [4.78, 5) is 33.3. The third-order valence-corrected chi connectivity index (χ3v) is 7.27. The zero-order valence-electron chi connectivity index (χ0n) is 24.6. The second kappa shape index (κ2) is 13.1. The summed E-state index contributed by atoms with van der Waals surface area (Å²) in [6.45, 7) is 0.329. The Morgan fingerprint density at radius 3 is 2.33 bits per heavy atom. The van der Waals surface area contributed by atoms with Gasteiger partial charge in [-0.05, 0) is 86.0 Å². The summed E-state index contributed by atoms with van der Waals surface area (Å²) in [5.41, 5.74) is 1.86. The van der Waals surface area contributed by atoms with E-state index >= 15 is 0 Å². The number of carbonyl (C=O) groups is 2. The van der Waals surface area contributed by atoms with E-state index < -0.39 is 48.1 Å². The molecule has 0 saturated heterocycles. The number of hydrogen-bond donors (Lipinski definition) is 3. The van der Waals surface area contributed by atoms with Gasteiger partial charge in [0.2, 0.25) is 11.5 Å². The first-order valence-electron chi connectivity index (χ1n) is 14.4. The molecule has 13 heteroatoms. The second-order valence-corrected chi connectivity index (χ2v) is 10.7. The van der Waals surface area contributed by atoms with Crippen molar-refractivity contribution in [2.45, 2.75) is 44.1 Å². The minimum absolute atomic E-state index is 0.0144. The third kappa shape index (κ3) is 7.09. The molecule has 46 heavy (non-hydrogen) atoms. The van der Waals surface area contributed by atoms with E-state index in [0.29, 0.717) is 16.9 Å². The molecule has 0 unspecified atom stereocenters. The van der Waals surface area contributed by atoms with E-state index in [4.69, 9.17) is 15.2 Å². The predicted molar refractivity (Wildman–Crippen MR) is 159 cm³/mol. The monoisotopic (exact) mass is 638 g/mol. The standard InChI is InChI=1S/C33H30F4N4O5/c1-2-45-30-22(17-28(38)42)16-27(41-29(30)20-3-6-23(34)7-4-20)32(44,33(35,36)37)18-40-31(43)21-5-10-26(46-24-8-9-24)25(15-21)19-11-13-39-14-12-19/h3-7,10-16,24,44H,2,8-9,17-18H2,1H3,(H2,38,42)(H,40,43)/t32-/m0/s1. The number of benzene rings is 2. The lowest BCUT2D eigenvalue weighted by Crippen LogP contribution is -2.51. The van der Waals surface area contributed by atoms with Crippen LogP contribution in [0.2, 0.25) is 0 Å². The van der Waals surface area contributed by atoms with Crippen LogP contribution in [-0.4, -0.2) is 52.3 Å². The summed E-state index contributed by atoms with van der Waals surface area (Å²) >= 11 is 0. The Kier molecular flexibility index (Phi) is 9.24. The topological polar surface area (TPSA) is 137 Å². The molecule has 1 atom stereocenters. The zero-order chi connectivity index (χ0) is 33.1. The molecule has 4 N–H and O–H groups in total. The lowest BCUT2D eigenvalue weighted by atomic mass is 9.93. The van der Waals surface area contributed by atoms with Crippen LogP contribution >= 0.6 is 0 Å². The Hall–Kier alpha value is -5.04. The maximum atomic E-state index is 14.7. The van der Waals surface area contributed by atoms with Crippen LogP contribution in [-0.2, 0) is 16.8 Å². The van der Waals surface area contributed by atoms with Crippen LogP contribution in [0.25, 0.3) is 22.4 Å². The van der Waals surface area contributed by atoms with Crippen LogP contribution < -0.4 is 20.5 Å². The Balaban J connectivity index is 1.52. The molecule has 2 amide bonds. The van der Waals surface area contributed by atoms with Gasteiger partial charge in [0.15, 0.2) is 0 Å². The van der Waals surface area contributed by atoms with Crippen LogP contribution in [0.3, 0.4) is 0 Å². The average Bonchev–Trinajstić information content (AvgIpc) is 3.85. The molecule has 9 nitrogen and oxygen atoms in total. The molecule has 1 aliphatic carbocycles. The number of nitrogens with zero attached hydrogens (tertiary/aromatic N) is 2.